The number of carbonyl (C=O) groups excluding carboxylic acids is 1. The molecule has 9 heteroatoms. The molecule has 2 unspecified atom stereocenters. The first-order chi connectivity index (χ1) is 16.0. The van der Waals surface area contributed by atoms with Gasteiger partial charge in [0, 0.05) is 31.3 Å². The zero-order valence-electron chi connectivity index (χ0n) is 17.7. The average molecular weight is 442 g/mol. The van der Waals surface area contributed by atoms with Gasteiger partial charge in [0.2, 0.25) is 5.91 Å². The van der Waals surface area contributed by atoms with Crippen LogP contribution in [0.5, 0.6) is 11.5 Å². The van der Waals surface area contributed by atoms with Crippen molar-refractivity contribution < 1.29 is 13.9 Å². The van der Waals surface area contributed by atoms with Crippen molar-refractivity contribution in [1.29, 1.82) is 5.26 Å². The zero-order chi connectivity index (χ0) is 22.9. The lowest BCUT2D eigenvalue weighted by Crippen LogP contribution is -2.30. The van der Waals surface area contributed by atoms with Crippen molar-refractivity contribution in [1.82, 2.24) is 24.8 Å². The second-order valence-corrected chi connectivity index (χ2v) is 7.76. The molecule has 8 nitrogen and oxygen atoms in total. The maximum atomic E-state index is 15.0. The van der Waals surface area contributed by atoms with Crippen LogP contribution in [0, 0.1) is 11.3 Å². The third-order valence-electron chi connectivity index (χ3n) is 5.65. The average Bonchev–Trinajstić information content (AvgIpc) is 3.42. The summed E-state index contributed by atoms with van der Waals surface area (Å²) >= 11 is 0. The fraction of sp³-hybridized carbons (Fsp3) is 0.208. The fourth-order valence-electron chi connectivity index (χ4n) is 4.10. The number of benzene rings is 1. The van der Waals surface area contributed by atoms with E-state index in [0.29, 0.717) is 46.2 Å². The highest BCUT2D eigenvalue weighted by Crippen LogP contribution is 2.42. The molecule has 1 aromatic carbocycles. The summed E-state index contributed by atoms with van der Waals surface area (Å²) in [5.74, 6) is 1.12. The topological polar surface area (TPSA) is 108 Å². The molecule has 1 saturated heterocycles. The molecule has 164 valence electrons. The van der Waals surface area contributed by atoms with E-state index in [0.717, 1.165) is 0 Å². The molecule has 0 radical (unpaired) electrons. The van der Waals surface area contributed by atoms with Gasteiger partial charge in [0.15, 0.2) is 5.82 Å². The molecule has 2 atom stereocenters. The second-order valence-electron chi connectivity index (χ2n) is 7.76. The van der Waals surface area contributed by atoms with Crippen LogP contribution in [0.4, 0.5) is 4.39 Å². The van der Waals surface area contributed by atoms with Gasteiger partial charge in [0.1, 0.15) is 35.1 Å². The Bertz CT molecular complexity index is 1360. The number of rotatable bonds is 4. The standard InChI is InChI=1S/C24H19FN6O2/c1-14(32)31-9-7-18(25)23(31)17-10-20-21(30-24(29-20)19-4-2-3-8-27-19)11-22(17)33-16-6-5-15(12-26)28-13-16/h2-6,8,10-11,13,18,23H,7,9H2,1H3,(H,29,30). The van der Waals surface area contributed by atoms with E-state index in [2.05, 4.69) is 19.9 Å². The summed E-state index contributed by atoms with van der Waals surface area (Å²) in [5.41, 5.74) is 2.75. The van der Waals surface area contributed by atoms with Gasteiger partial charge in [0.05, 0.1) is 23.3 Å². The van der Waals surface area contributed by atoms with Crippen molar-refractivity contribution in [3.63, 3.8) is 0 Å². The van der Waals surface area contributed by atoms with E-state index in [1.807, 2.05) is 24.3 Å². The number of halogens is 1. The van der Waals surface area contributed by atoms with Crippen LogP contribution in [0.2, 0.25) is 0 Å². The zero-order valence-corrected chi connectivity index (χ0v) is 17.7. The number of amides is 1. The number of pyridine rings is 2. The molecule has 1 N–H and O–H groups in total. The maximum Gasteiger partial charge on any atom is 0.220 e. The first kappa shape index (κ1) is 20.6. The number of nitrogens with zero attached hydrogens (tertiary/aromatic N) is 5. The van der Waals surface area contributed by atoms with Gasteiger partial charge in [-0.05, 0) is 36.8 Å². The summed E-state index contributed by atoms with van der Waals surface area (Å²) < 4.78 is 21.1. The van der Waals surface area contributed by atoms with Gasteiger partial charge in [-0.25, -0.2) is 14.4 Å². The molecule has 33 heavy (non-hydrogen) atoms. The predicted octanol–water partition coefficient (Wildman–Crippen LogP) is 4.32. The number of fused-ring (bicyclic) bond motifs is 1. The normalized spacial score (nSPS) is 17.8. The highest BCUT2D eigenvalue weighted by atomic mass is 19.1. The molecule has 3 aromatic heterocycles. The predicted molar refractivity (Wildman–Crippen MR) is 118 cm³/mol. The molecular weight excluding hydrogens is 423 g/mol. The molecule has 4 aromatic rings. The minimum absolute atomic E-state index is 0.204. The molecule has 0 aliphatic carbocycles. The Morgan fingerprint density at radius 2 is 2.15 bits per heavy atom. The number of H-pyrrole nitrogens is 1. The molecule has 1 fully saturated rings. The Morgan fingerprint density at radius 1 is 1.27 bits per heavy atom. The van der Waals surface area contributed by atoms with Gasteiger partial charge in [0.25, 0.3) is 0 Å². The number of nitriles is 1. The minimum atomic E-state index is -1.23. The van der Waals surface area contributed by atoms with Crippen LogP contribution in [0.25, 0.3) is 22.6 Å². The van der Waals surface area contributed by atoms with E-state index < -0.39 is 12.2 Å². The number of ether oxygens (including phenoxy) is 1. The van der Waals surface area contributed by atoms with E-state index in [-0.39, 0.29) is 18.0 Å². The Kier molecular flexibility index (Phi) is 5.18. The lowest BCUT2D eigenvalue weighted by atomic mass is 10.0. The number of carbonyl (C=O) groups is 1. The summed E-state index contributed by atoms with van der Waals surface area (Å²) in [5, 5.41) is 8.98. The first-order valence-electron chi connectivity index (χ1n) is 10.4. The SMILES string of the molecule is CC(=O)N1CCC(F)C1c1cc2[nH]c(-c3ccccn3)nc2cc1Oc1ccc(C#N)nc1. The smallest absolute Gasteiger partial charge is 0.220 e. The van der Waals surface area contributed by atoms with Crippen molar-refractivity contribution >= 4 is 16.9 Å². The highest BCUT2D eigenvalue weighted by molar-refractivity contribution is 5.82. The molecular formula is C24H19FN6O2. The monoisotopic (exact) mass is 442 g/mol. The van der Waals surface area contributed by atoms with Gasteiger partial charge in [-0.15, -0.1) is 0 Å². The number of aromatic amines is 1. The van der Waals surface area contributed by atoms with Crippen molar-refractivity contribution in [3.05, 3.63) is 66.1 Å². The van der Waals surface area contributed by atoms with Crippen LogP contribution >= 0.6 is 0 Å². The Hall–Kier alpha value is -4.32. The molecule has 1 aliphatic heterocycles. The minimum Gasteiger partial charge on any atom is -0.455 e. The van der Waals surface area contributed by atoms with Gasteiger partial charge in [-0.2, -0.15) is 5.26 Å². The molecule has 4 heterocycles. The summed E-state index contributed by atoms with van der Waals surface area (Å²) in [4.78, 5) is 30.0. The van der Waals surface area contributed by atoms with E-state index in [1.54, 1.807) is 24.4 Å². The van der Waals surface area contributed by atoms with E-state index in [4.69, 9.17) is 10.00 Å². The number of aromatic nitrogens is 4. The van der Waals surface area contributed by atoms with Crippen molar-refractivity contribution in [2.75, 3.05) is 6.54 Å². The molecule has 0 spiro atoms. The van der Waals surface area contributed by atoms with Crippen molar-refractivity contribution in [3.8, 4) is 29.1 Å². The van der Waals surface area contributed by atoms with Crippen molar-refractivity contribution in [2.24, 2.45) is 0 Å². The van der Waals surface area contributed by atoms with Gasteiger partial charge < -0.3 is 14.6 Å². The van der Waals surface area contributed by atoms with Crippen LogP contribution in [0.15, 0.2) is 54.9 Å². The van der Waals surface area contributed by atoms with E-state index >= 15 is 4.39 Å². The fourth-order valence-corrected chi connectivity index (χ4v) is 4.10. The highest BCUT2D eigenvalue weighted by Gasteiger charge is 2.39. The first-order valence-corrected chi connectivity index (χ1v) is 10.4. The third kappa shape index (κ3) is 3.87. The molecule has 1 amide bonds. The second kappa shape index (κ2) is 8.31. The van der Waals surface area contributed by atoms with Crippen LogP contribution < -0.4 is 4.74 Å². The number of hydrogen-bond acceptors (Lipinski definition) is 6. The molecule has 5 rings (SSSR count). The quantitative estimate of drug-likeness (QED) is 0.504. The Morgan fingerprint density at radius 3 is 2.85 bits per heavy atom. The van der Waals surface area contributed by atoms with E-state index in [9.17, 15) is 4.79 Å². The lowest BCUT2D eigenvalue weighted by Gasteiger charge is -2.26. The Balaban J connectivity index is 1.63. The van der Waals surface area contributed by atoms with Crippen LogP contribution in [-0.4, -0.2) is 43.5 Å². The van der Waals surface area contributed by atoms with Crippen LogP contribution in [0.3, 0.4) is 0 Å². The number of hydrogen-bond donors (Lipinski definition) is 1. The Labute approximate surface area is 188 Å². The van der Waals surface area contributed by atoms with Crippen molar-refractivity contribution in [2.45, 2.75) is 25.6 Å². The summed E-state index contributed by atoms with van der Waals surface area (Å²) in [6.07, 6.45) is 2.13. The van der Waals surface area contributed by atoms with Crippen LogP contribution in [0.1, 0.15) is 30.6 Å². The third-order valence-corrected chi connectivity index (χ3v) is 5.65. The van der Waals surface area contributed by atoms with Gasteiger partial charge >= 0.3 is 0 Å². The summed E-state index contributed by atoms with van der Waals surface area (Å²) in [6, 6.07) is 13.4. The number of nitrogens with one attached hydrogen (secondary N) is 1. The van der Waals surface area contributed by atoms with E-state index in [1.165, 1.54) is 24.1 Å². The number of likely N-dealkylation sites (tertiary alicyclic amines) is 1. The van der Waals surface area contributed by atoms with Gasteiger partial charge in [-0.3, -0.25) is 9.78 Å². The maximum absolute atomic E-state index is 15.0. The number of imidazole rings is 1. The van der Waals surface area contributed by atoms with Crippen LogP contribution in [-0.2, 0) is 4.79 Å². The number of alkyl halides is 1. The molecule has 0 saturated carbocycles. The molecule has 1 aliphatic rings. The molecule has 0 bridgehead atoms. The summed E-state index contributed by atoms with van der Waals surface area (Å²) in [6.45, 7) is 1.77. The summed E-state index contributed by atoms with van der Waals surface area (Å²) in [7, 11) is 0. The largest absolute Gasteiger partial charge is 0.455 e. The lowest BCUT2D eigenvalue weighted by molar-refractivity contribution is -0.130. The van der Waals surface area contributed by atoms with Gasteiger partial charge in [-0.1, -0.05) is 6.07 Å².